The first-order valence-electron chi connectivity index (χ1n) is 1.42. The van der Waals surface area contributed by atoms with Gasteiger partial charge in [0.1, 0.15) is 0 Å². The van der Waals surface area contributed by atoms with E-state index in [-0.39, 0.29) is 0 Å². The highest BCUT2D eigenvalue weighted by Gasteiger charge is 1.92. The fourth-order valence-corrected chi connectivity index (χ4v) is 0.129. The minimum absolute atomic E-state index is 0.395. The van der Waals surface area contributed by atoms with Crippen LogP contribution in [0.2, 0.25) is 0 Å². The molecule has 0 fully saturated rings. The van der Waals surface area contributed by atoms with Gasteiger partial charge in [0.25, 0.3) is 0 Å². The van der Waals surface area contributed by atoms with Gasteiger partial charge in [0, 0.05) is 0 Å². The first kappa shape index (κ1) is 5.80. The van der Waals surface area contributed by atoms with Crippen molar-refractivity contribution < 1.29 is 9.67 Å². The summed E-state index contributed by atoms with van der Waals surface area (Å²) < 4.78 is 9.45. The zero-order chi connectivity index (χ0) is 4.99. The number of hydrogen-bond acceptors (Lipinski definition) is 1. The van der Waals surface area contributed by atoms with Crippen LogP contribution in [-0.2, 0) is 9.67 Å². The fraction of sp³-hybridized carbons (Fsp3) is 0.333. The van der Waals surface area contributed by atoms with E-state index in [2.05, 4.69) is 6.58 Å². The summed E-state index contributed by atoms with van der Waals surface area (Å²) in [6.45, 7) is 3.11. The molecule has 0 rings (SSSR count). The molecule has 0 spiro atoms. The van der Waals surface area contributed by atoms with E-state index in [1.165, 1.54) is 0 Å². The third kappa shape index (κ3) is 2.06. The molecule has 0 saturated carbocycles. The monoisotopic (exact) mass is 103 g/mol. The molecule has 1 radical (unpaired) electrons. The van der Waals surface area contributed by atoms with Crippen molar-refractivity contribution in [1.82, 2.24) is 0 Å². The van der Waals surface area contributed by atoms with Gasteiger partial charge < -0.3 is 0 Å². The molecule has 0 amide bonds. The second-order valence-electron chi connectivity index (χ2n) is 0.732. The Balaban J connectivity index is 3.21. The van der Waals surface area contributed by atoms with E-state index in [9.17, 15) is 9.67 Å². The van der Waals surface area contributed by atoms with Crippen molar-refractivity contribution in [1.29, 1.82) is 0 Å². The lowest BCUT2D eigenvalue weighted by Crippen LogP contribution is -1.80. The van der Waals surface area contributed by atoms with Crippen LogP contribution in [0.15, 0.2) is 12.7 Å². The molecular weight excluding hydrogens is 99.0 g/mol. The Morgan fingerprint density at radius 1 is 1.83 bits per heavy atom. The Hall–Kier alpha value is -0.200. The maximum atomic E-state index is 9.82. The molecule has 0 aliphatic rings. The normalized spacial score (nSPS) is 14.2. The molecular formula is C3H4O2P. The average molecular weight is 103 g/mol. The Labute approximate surface area is 37.7 Å². The van der Waals surface area contributed by atoms with E-state index in [0.717, 1.165) is 6.08 Å². The standard InChI is InChI=1S/C3H4O2P/c1-2-3(4)6-5/h2-3H,1H2. The lowest BCUT2D eigenvalue weighted by atomic mass is 10.7. The number of rotatable bonds is 2. The highest BCUT2D eigenvalue weighted by Crippen LogP contribution is 2.01. The van der Waals surface area contributed by atoms with E-state index >= 15 is 0 Å². The maximum absolute atomic E-state index is 9.82. The van der Waals surface area contributed by atoms with Crippen molar-refractivity contribution in [2.75, 3.05) is 0 Å². The van der Waals surface area contributed by atoms with E-state index in [1.54, 1.807) is 0 Å². The molecule has 1 unspecified atom stereocenters. The molecule has 0 aliphatic heterocycles. The zero-order valence-corrected chi connectivity index (χ0v) is 4.02. The predicted molar refractivity (Wildman–Crippen MR) is 22.3 cm³/mol. The van der Waals surface area contributed by atoms with Gasteiger partial charge in [0.05, 0.1) is 0 Å². The van der Waals surface area contributed by atoms with Gasteiger partial charge in [-0.25, -0.2) is 5.11 Å². The summed E-state index contributed by atoms with van der Waals surface area (Å²) in [7, 11) is -0.395. The van der Waals surface area contributed by atoms with Crippen LogP contribution in [0.1, 0.15) is 0 Å². The molecule has 0 bridgehead atoms. The molecule has 1 atom stereocenters. The van der Waals surface area contributed by atoms with Gasteiger partial charge >= 0.3 is 0 Å². The number of hydrogen-bond donors (Lipinski definition) is 0. The van der Waals surface area contributed by atoms with Crippen molar-refractivity contribution in [2.45, 2.75) is 5.85 Å². The average Bonchev–Trinajstić information content (AvgIpc) is 1.65. The topological polar surface area (TPSA) is 37.0 Å². The molecule has 0 aromatic rings. The van der Waals surface area contributed by atoms with Crippen LogP contribution in [0.5, 0.6) is 0 Å². The fourth-order valence-electron chi connectivity index (χ4n) is 0.0430. The van der Waals surface area contributed by atoms with Gasteiger partial charge in [0.15, 0.2) is 14.3 Å². The molecule has 33 valence electrons. The van der Waals surface area contributed by atoms with E-state index in [0.29, 0.717) is 0 Å². The lowest BCUT2D eigenvalue weighted by Gasteiger charge is -1.77. The van der Waals surface area contributed by atoms with Crippen LogP contribution >= 0.6 is 8.46 Å². The summed E-state index contributed by atoms with van der Waals surface area (Å²) in [6.07, 6.45) is 1.09. The molecule has 0 aliphatic carbocycles. The summed E-state index contributed by atoms with van der Waals surface area (Å²) in [4.78, 5) is 0. The highest BCUT2D eigenvalue weighted by molar-refractivity contribution is 7.24. The van der Waals surface area contributed by atoms with Gasteiger partial charge in [-0.3, -0.25) is 4.57 Å². The Bertz CT molecular complexity index is 53.8. The quantitative estimate of drug-likeness (QED) is 0.382. The molecule has 0 saturated heterocycles. The minimum atomic E-state index is -1.13. The third-order valence-corrected chi connectivity index (χ3v) is 0.724. The van der Waals surface area contributed by atoms with Gasteiger partial charge in [-0.15, -0.1) is 0 Å². The zero-order valence-electron chi connectivity index (χ0n) is 3.13. The largest absolute Gasteiger partial charge is 0.272 e. The van der Waals surface area contributed by atoms with Crippen molar-refractivity contribution in [2.24, 2.45) is 0 Å². The molecule has 0 aromatic heterocycles. The van der Waals surface area contributed by atoms with Gasteiger partial charge in [0.2, 0.25) is 0 Å². The first-order chi connectivity index (χ1) is 2.81. The molecule has 0 heterocycles. The van der Waals surface area contributed by atoms with E-state index in [4.69, 9.17) is 0 Å². The summed E-state index contributed by atoms with van der Waals surface area (Å²) >= 11 is 0. The smallest absolute Gasteiger partial charge is 0.195 e. The molecule has 2 nitrogen and oxygen atoms in total. The van der Waals surface area contributed by atoms with Crippen molar-refractivity contribution in [3.05, 3.63) is 12.7 Å². The predicted octanol–water partition coefficient (Wildman–Crippen LogP) is 1.22. The second kappa shape index (κ2) is 3.01. The minimum Gasteiger partial charge on any atom is -0.272 e. The first-order valence-corrected chi connectivity index (χ1v) is 2.30. The molecule has 0 N–H and O–H groups in total. The van der Waals surface area contributed by atoms with Crippen molar-refractivity contribution in [3.8, 4) is 0 Å². The van der Waals surface area contributed by atoms with Gasteiger partial charge in [-0.05, 0) is 6.08 Å². The summed E-state index contributed by atoms with van der Waals surface area (Å²) in [5.41, 5.74) is 0. The van der Waals surface area contributed by atoms with Crippen LogP contribution in [-0.4, -0.2) is 5.85 Å². The summed E-state index contributed by atoms with van der Waals surface area (Å²) in [5.74, 6) is -1.13. The van der Waals surface area contributed by atoms with Gasteiger partial charge in [-0.1, -0.05) is 6.58 Å². The maximum Gasteiger partial charge on any atom is 0.195 e. The molecule has 6 heavy (non-hydrogen) atoms. The highest BCUT2D eigenvalue weighted by atomic mass is 31.1. The van der Waals surface area contributed by atoms with Crippen molar-refractivity contribution >= 4 is 8.46 Å². The lowest BCUT2D eigenvalue weighted by molar-refractivity contribution is 0.197. The van der Waals surface area contributed by atoms with Crippen LogP contribution in [0.3, 0.4) is 0 Å². The van der Waals surface area contributed by atoms with Crippen LogP contribution in [0.25, 0.3) is 0 Å². The molecule has 0 aromatic carbocycles. The van der Waals surface area contributed by atoms with E-state index in [1.807, 2.05) is 0 Å². The van der Waals surface area contributed by atoms with Crippen molar-refractivity contribution in [3.63, 3.8) is 0 Å². The Kier molecular flexibility index (Phi) is 2.91. The van der Waals surface area contributed by atoms with Crippen LogP contribution in [0.4, 0.5) is 0 Å². The SMILES string of the molecule is C=CC([O])P=O. The second-order valence-corrected chi connectivity index (χ2v) is 1.45. The summed E-state index contributed by atoms with van der Waals surface area (Å²) in [6, 6.07) is 0. The van der Waals surface area contributed by atoms with Gasteiger partial charge in [-0.2, -0.15) is 0 Å². The Morgan fingerprint density at radius 3 is 2.33 bits per heavy atom. The van der Waals surface area contributed by atoms with Crippen LogP contribution in [0, 0.1) is 0 Å². The third-order valence-electron chi connectivity index (χ3n) is 0.306. The Morgan fingerprint density at radius 2 is 2.33 bits per heavy atom. The van der Waals surface area contributed by atoms with Crippen LogP contribution < -0.4 is 0 Å². The molecule has 3 heteroatoms. The van der Waals surface area contributed by atoms with E-state index < -0.39 is 14.3 Å². The summed E-state index contributed by atoms with van der Waals surface area (Å²) in [5, 5.41) is 9.82.